The van der Waals surface area contributed by atoms with Gasteiger partial charge in [0.05, 0.1) is 0 Å². The third-order valence-electron chi connectivity index (χ3n) is 3.70. The summed E-state index contributed by atoms with van der Waals surface area (Å²) in [5.41, 5.74) is 3.50. The Kier molecular flexibility index (Phi) is 4.67. The van der Waals surface area contributed by atoms with Crippen molar-refractivity contribution in [2.24, 2.45) is 0 Å². The van der Waals surface area contributed by atoms with Crippen molar-refractivity contribution < 1.29 is 4.39 Å². The lowest BCUT2D eigenvalue weighted by atomic mass is 10.00. The van der Waals surface area contributed by atoms with E-state index in [0.717, 1.165) is 30.6 Å². The van der Waals surface area contributed by atoms with Crippen molar-refractivity contribution in [3.05, 3.63) is 72.5 Å². The first kappa shape index (κ1) is 15.3. The molecule has 0 saturated heterocycles. The Morgan fingerprint density at radius 3 is 1.95 bits per heavy atom. The number of halogens is 1. The first-order valence-corrected chi connectivity index (χ1v) is 9.19. The molecule has 0 aliphatic heterocycles. The van der Waals surface area contributed by atoms with Crippen molar-refractivity contribution in [1.82, 2.24) is 0 Å². The zero-order valence-corrected chi connectivity index (χ0v) is 14.5. The van der Waals surface area contributed by atoms with Crippen molar-refractivity contribution in [3.8, 4) is 22.3 Å². The fourth-order valence-electron chi connectivity index (χ4n) is 2.42. The number of benzene rings is 3. The molecule has 3 aromatic rings. The van der Waals surface area contributed by atoms with Gasteiger partial charge in [-0.05, 0) is 40.0 Å². The van der Waals surface area contributed by atoms with E-state index in [2.05, 4.69) is 40.2 Å². The second-order valence-electron chi connectivity index (χ2n) is 5.14. The number of rotatable bonds is 3. The van der Waals surface area contributed by atoms with E-state index >= 15 is 0 Å². The van der Waals surface area contributed by atoms with Crippen molar-refractivity contribution in [3.63, 3.8) is 0 Å². The molecule has 2 atom stereocenters. The molecule has 0 amide bonds. The second-order valence-corrected chi connectivity index (χ2v) is 6.89. The maximum Gasteiger partial charge on any atom is 0.131 e. The topological polar surface area (TPSA) is 0 Å². The van der Waals surface area contributed by atoms with Crippen LogP contribution in [0.25, 0.3) is 22.3 Å². The van der Waals surface area contributed by atoms with E-state index in [1.165, 1.54) is 5.30 Å². The number of hydrogen-bond donors (Lipinski definition) is 0. The Morgan fingerprint density at radius 2 is 1.36 bits per heavy atom. The summed E-state index contributed by atoms with van der Waals surface area (Å²) < 4.78 is 14.5. The van der Waals surface area contributed by atoms with Gasteiger partial charge in [-0.2, -0.15) is 0 Å². The molecule has 3 rings (SSSR count). The Bertz CT molecular complexity index is 778. The van der Waals surface area contributed by atoms with Crippen LogP contribution < -0.4 is 10.6 Å². The van der Waals surface area contributed by atoms with Crippen LogP contribution in [-0.4, -0.2) is 6.66 Å². The zero-order valence-electron chi connectivity index (χ0n) is 12.3. The fourth-order valence-corrected chi connectivity index (χ4v) is 3.11. The third kappa shape index (κ3) is 3.27. The van der Waals surface area contributed by atoms with Crippen LogP contribution in [0, 0.1) is 5.82 Å². The largest absolute Gasteiger partial charge is 0.206 e. The predicted molar refractivity (Wildman–Crippen MR) is 100 cm³/mol. The molecular weight excluding hydrogens is 309 g/mol. The number of hydrogen-bond acceptors (Lipinski definition) is 0. The average molecular weight is 326 g/mol. The Hall–Kier alpha value is -1.55. The van der Waals surface area contributed by atoms with Gasteiger partial charge in [0, 0.05) is 5.56 Å². The molecule has 0 bridgehead atoms. The summed E-state index contributed by atoms with van der Waals surface area (Å²) in [5, 5.41) is 2.41. The van der Waals surface area contributed by atoms with Gasteiger partial charge < -0.3 is 0 Å². The summed E-state index contributed by atoms with van der Waals surface area (Å²) >= 11 is 0. The molecule has 3 heteroatoms. The van der Waals surface area contributed by atoms with E-state index < -0.39 is 0 Å². The highest BCUT2D eigenvalue weighted by Crippen LogP contribution is 2.27. The Balaban J connectivity index is 1.96. The molecule has 0 N–H and O–H groups in total. The molecule has 0 aromatic heterocycles. The van der Waals surface area contributed by atoms with E-state index in [-0.39, 0.29) is 5.82 Å². The van der Waals surface area contributed by atoms with Crippen LogP contribution in [0.15, 0.2) is 66.7 Å². The maximum atomic E-state index is 14.5. The average Bonchev–Trinajstić information content (AvgIpc) is 2.56. The lowest BCUT2D eigenvalue weighted by Crippen LogP contribution is -1.93. The van der Waals surface area contributed by atoms with E-state index in [1.54, 1.807) is 6.07 Å². The van der Waals surface area contributed by atoms with Crippen molar-refractivity contribution >= 4 is 28.4 Å². The fraction of sp³-hybridized carbons (Fsp3) is 0.0526. The first-order chi connectivity index (χ1) is 10.7. The highest BCUT2D eigenvalue weighted by molar-refractivity contribution is 7.46. The van der Waals surface area contributed by atoms with Crippen LogP contribution in [0.2, 0.25) is 0 Å². The molecule has 0 fully saturated rings. The van der Waals surface area contributed by atoms with Crippen LogP contribution in [0.1, 0.15) is 0 Å². The standard InChI is InChI=1S/C19H17FP2/c1-22-17-9-4-13(5-10-17)15-6-11-18(19(20)12-15)14-2-7-16(21)8-3-14/h2-12,22H,21H2,1H3. The molecular formula is C19H17FP2. The van der Waals surface area contributed by atoms with E-state index in [0.29, 0.717) is 5.56 Å². The molecule has 0 radical (unpaired) electrons. The van der Waals surface area contributed by atoms with Crippen molar-refractivity contribution in [1.29, 1.82) is 0 Å². The zero-order chi connectivity index (χ0) is 15.5. The van der Waals surface area contributed by atoms with Crippen molar-refractivity contribution in [2.45, 2.75) is 0 Å². The normalized spacial score (nSPS) is 11.2. The minimum Gasteiger partial charge on any atom is -0.206 e. The summed E-state index contributed by atoms with van der Waals surface area (Å²) in [6, 6.07) is 21.6. The minimum atomic E-state index is -0.185. The minimum absolute atomic E-state index is 0.185. The van der Waals surface area contributed by atoms with E-state index in [1.807, 2.05) is 36.4 Å². The van der Waals surface area contributed by atoms with Gasteiger partial charge in [0.25, 0.3) is 0 Å². The smallest absolute Gasteiger partial charge is 0.131 e. The van der Waals surface area contributed by atoms with E-state index in [4.69, 9.17) is 0 Å². The molecule has 2 unspecified atom stereocenters. The van der Waals surface area contributed by atoms with Gasteiger partial charge in [-0.3, -0.25) is 0 Å². The van der Waals surface area contributed by atoms with Crippen LogP contribution in [0.5, 0.6) is 0 Å². The molecule has 22 heavy (non-hydrogen) atoms. The highest BCUT2D eigenvalue weighted by atomic mass is 31.1. The Labute approximate surface area is 134 Å². The Morgan fingerprint density at radius 1 is 0.773 bits per heavy atom. The van der Waals surface area contributed by atoms with Gasteiger partial charge in [0.15, 0.2) is 0 Å². The molecule has 0 nitrogen and oxygen atoms in total. The van der Waals surface area contributed by atoms with Crippen LogP contribution in [0.3, 0.4) is 0 Å². The van der Waals surface area contributed by atoms with Crippen LogP contribution in [0.4, 0.5) is 4.39 Å². The van der Waals surface area contributed by atoms with Gasteiger partial charge in [0.2, 0.25) is 0 Å². The van der Waals surface area contributed by atoms with Crippen LogP contribution >= 0.6 is 17.8 Å². The third-order valence-corrected chi connectivity index (χ3v) is 4.99. The predicted octanol–water partition coefficient (Wildman–Crippen LogP) is 4.59. The van der Waals surface area contributed by atoms with E-state index in [9.17, 15) is 4.39 Å². The summed E-state index contributed by atoms with van der Waals surface area (Å²) in [6.07, 6.45) is 0. The van der Waals surface area contributed by atoms with Gasteiger partial charge in [-0.1, -0.05) is 69.2 Å². The molecule has 0 aliphatic carbocycles. The summed E-state index contributed by atoms with van der Waals surface area (Å²) in [4.78, 5) is 0. The highest BCUT2D eigenvalue weighted by Gasteiger charge is 2.07. The second kappa shape index (κ2) is 6.69. The quantitative estimate of drug-likeness (QED) is 0.617. The molecule has 110 valence electrons. The summed E-state index contributed by atoms with van der Waals surface area (Å²) in [6.45, 7) is 2.16. The lowest BCUT2D eigenvalue weighted by molar-refractivity contribution is 0.632. The summed E-state index contributed by atoms with van der Waals surface area (Å²) in [5.74, 6) is -0.185. The SMILES string of the molecule is CPc1ccc(-c2ccc(-c3ccc(P)cc3)c(F)c2)cc1. The summed E-state index contributed by atoms with van der Waals surface area (Å²) in [7, 11) is 3.42. The molecule has 0 aliphatic rings. The van der Waals surface area contributed by atoms with Gasteiger partial charge in [-0.15, -0.1) is 9.24 Å². The van der Waals surface area contributed by atoms with Crippen LogP contribution in [-0.2, 0) is 0 Å². The molecule has 0 saturated carbocycles. The van der Waals surface area contributed by atoms with Gasteiger partial charge in [0.1, 0.15) is 5.82 Å². The lowest BCUT2D eigenvalue weighted by Gasteiger charge is -2.08. The van der Waals surface area contributed by atoms with Gasteiger partial charge in [-0.25, -0.2) is 4.39 Å². The first-order valence-electron chi connectivity index (χ1n) is 7.11. The molecule has 0 heterocycles. The van der Waals surface area contributed by atoms with Crippen molar-refractivity contribution in [2.75, 3.05) is 6.66 Å². The maximum absolute atomic E-state index is 14.5. The van der Waals surface area contributed by atoms with Gasteiger partial charge >= 0.3 is 0 Å². The molecule has 3 aromatic carbocycles. The monoisotopic (exact) mass is 326 g/mol. The molecule has 0 spiro atoms.